The molecule has 7 heteroatoms. The highest BCUT2D eigenvalue weighted by Gasteiger charge is 2.64. The van der Waals surface area contributed by atoms with Gasteiger partial charge in [0.05, 0.1) is 41.6 Å². The summed E-state index contributed by atoms with van der Waals surface area (Å²) < 4.78 is 5.60. The number of nitriles is 1. The number of alkyl halides is 2. The molecule has 0 radical (unpaired) electrons. The number of halogens is 2. The lowest BCUT2D eigenvalue weighted by Gasteiger charge is -2.50. The standard InChI is InChI=1S/C20H25Cl2N3O2/c1-12(21)14(3)24-18(17-7-5-6-16(8-17)9-23)20(10-27-11-20)25(19(24)26)15(4)13(2)22/h5-8,12-15,18H,10-11H2,1-4H3/t12-,13?,14?,15+,18+/m1/s1. The molecule has 5 nitrogen and oxygen atoms in total. The normalized spacial score (nSPS) is 25.7. The third-order valence-electron chi connectivity index (χ3n) is 5.90. The molecule has 0 N–H and O–H groups in total. The van der Waals surface area contributed by atoms with Gasteiger partial charge in [0, 0.05) is 12.1 Å². The summed E-state index contributed by atoms with van der Waals surface area (Å²) in [6.45, 7) is 8.59. The van der Waals surface area contributed by atoms with Crippen molar-refractivity contribution in [2.75, 3.05) is 13.2 Å². The van der Waals surface area contributed by atoms with E-state index in [-0.39, 0.29) is 34.9 Å². The van der Waals surface area contributed by atoms with Crippen molar-refractivity contribution in [3.8, 4) is 6.07 Å². The Morgan fingerprint density at radius 1 is 1.19 bits per heavy atom. The second-order valence-electron chi connectivity index (χ2n) is 7.63. The number of carbonyl (C=O) groups excluding carboxylic acids is 1. The Balaban J connectivity index is 2.16. The monoisotopic (exact) mass is 409 g/mol. The summed E-state index contributed by atoms with van der Waals surface area (Å²) in [4.78, 5) is 17.3. The summed E-state index contributed by atoms with van der Waals surface area (Å²) in [6, 6.07) is 8.96. The van der Waals surface area contributed by atoms with Crippen LogP contribution in [0.4, 0.5) is 4.79 Å². The minimum absolute atomic E-state index is 0.0781. The number of nitrogens with zero attached hydrogens (tertiary/aromatic N) is 3. The van der Waals surface area contributed by atoms with E-state index in [9.17, 15) is 10.1 Å². The van der Waals surface area contributed by atoms with E-state index in [2.05, 4.69) is 6.07 Å². The summed E-state index contributed by atoms with van der Waals surface area (Å²) in [5.41, 5.74) is 0.985. The van der Waals surface area contributed by atoms with Crippen LogP contribution in [0.5, 0.6) is 0 Å². The number of hydrogen-bond acceptors (Lipinski definition) is 3. The smallest absolute Gasteiger partial charge is 0.321 e. The van der Waals surface area contributed by atoms with Gasteiger partial charge in [-0.1, -0.05) is 12.1 Å². The zero-order valence-corrected chi connectivity index (χ0v) is 17.5. The van der Waals surface area contributed by atoms with Gasteiger partial charge < -0.3 is 14.5 Å². The molecule has 2 aliphatic heterocycles. The van der Waals surface area contributed by atoms with Gasteiger partial charge in [0.15, 0.2) is 0 Å². The van der Waals surface area contributed by atoms with Crippen molar-refractivity contribution in [2.45, 2.75) is 62.1 Å². The third-order valence-corrected chi connectivity index (χ3v) is 6.63. The Morgan fingerprint density at radius 3 is 2.30 bits per heavy atom. The first-order valence-corrected chi connectivity index (χ1v) is 10.1. The zero-order valence-electron chi connectivity index (χ0n) is 16.0. The van der Waals surface area contributed by atoms with Crippen LogP contribution < -0.4 is 0 Å². The molecule has 5 atom stereocenters. The van der Waals surface area contributed by atoms with Crippen molar-refractivity contribution in [3.05, 3.63) is 35.4 Å². The molecule has 1 spiro atoms. The number of carbonyl (C=O) groups is 1. The van der Waals surface area contributed by atoms with E-state index < -0.39 is 5.54 Å². The second kappa shape index (κ2) is 7.50. The molecule has 2 heterocycles. The van der Waals surface area contributed by atoms with Gasteiger partial charge >= 0.3 is 6.03 Å². The van der Waals surface area contributed by atoms with Crippen LogP contribution in [0.2, 0.25) is 0 Å². The van der Waals surface area contributed by atoms with Gasteiger partial charge in [0.25, 0.3) is 0 Å². The molecule has 2 saturated heterocycles. The lowest BCUT2D eigenvalue weighted by atomic mass is 9.81. The molecular weight excluding hydrogens is 385 g/mol. The van der Waals surface area contributed by atoms with Crippen LogP contribution in [-0.2, 0) is 4.74 Å². The number of amides is 2. The molecule has 1 aromatic carbocycles. The molecule has 2 fully saturated rings. The van der Waals surface area contributed by atoms with E-state index in [0.29, 0.717) is 18.8 Å². The Hall–Kier alpha value is -1.48. The predicted octanol–water partition coefficient (Wildman–Crippen LogP) is 4.14. The topological polar surface area (TPSA) is 56.6 Å². The minimum atomic E-state index is -0.506. The SMILES string of the molecule is CC(Cl)[C@H](C)N1C(=O)N(C(C)[C@@H](C)Cl)[C@@H](c2cccc(C#N)c2)C12COC2. The molecule has 2 amide bonds. The van der Waals surface area contributed by atoms with Crippen LogP contribution in [0, 0.1) is 11.3 Å². The lowest BCUT2D eigenvalue weighted by Crippen LogP contribution is -2.65. The van der Waals surface area contributed by atoms with Crippen molar-refractivity contribution in [2.24, 2.45) is 0 Å². The van der Waals surface area contributed by atoms with E-state index in [4.69, 9.17) is 27.9 Å². The molecular formula is C20H25Cl2N3O2. The molecule has 146 valence electrons. The fourth-order valence-electron chi connectivity index (χ4n) is 4.09. The quantitative estimate of drug-likeness (QED) is 0.686. The molecule has 2 unspecified atom stereocenters. The van der Waals surface area contributed by atoms with Crippen molar-refractivity contribution in [3.63, 3.8) is 0 Å². The van der Waals surface area contributed by atoms with E-state index in [1.54, 1.807) is 6.07 Å². The van der Waals surface area contributed by atoms with Crippen LogP contribution in [0.15, 0.2) is 24.3 Å². The maximum absolute atomic E-state index is 13.6. The Bertz CT molecular complexity index is 758. The number of urea groups is 1. The molecule has 0 aromatic heterocycles. The highest BCUT2D eigenvalue weighted by Crippen LogP contribution is 2.50. The van der Waals surface area contributed by atoms with E-state index in [1.807, 2.05) is 55.7 Å². The maximum Gasteiger partial charge on any atom is 0.321 e. The summed E-state index contributed by atoms with van der Waals surface area (Å²) in [5.74, 6) is 0. The highest BCUT2D eigenvalue weighted by molar-refractivity contribution is 6.21. The number of hydrogen-bond donors (Lipinski definition) is 0. The summed E-state index contributed by atoms with van der Waals surface area (Å²) in [7, 11) is 0. The van der Waals surface area contributed by atoms with E-state index >= 15 is 0 Å². The first-order valence-electron chi connectivity index (χ1n) is 9.22. The highest BCUT2D eigenvalue weighted by atomic mass is 35.5. The second-order valence-corrected chi connectivity index (χ2v) is 9.01. The van der Waals surface area contributed by atoms with Gasteiger partial charge in [0.1, 0.15) is 5.54 Å². The molecule has 27 heavy (non-hydrogen) atoms. The molecule has 1 aromatic rings. The molecule has 0 aliphatic carbocycles. The van der Waals surface area contributed by atoms with Gasteiger partial charge in [-0.25, -0.2) is 4.79 Å². The third kappa shape index (κ3) is 3.18. The molecule has 3 rings (SSSR count). The lowest BCUT2D eigenvalue weighted by molar-refractivity contribution is -0.137. The van der Waals surface area contributed by atoms with Crippen LogP contribution in [0.25, 0.3) is 0 Å². The first kappa shape index (κ1) is 20.3. The largest absolute Gasteiger partial charge is 0.376 e. The molecule has 0 bridgehead atoms. The van der Waals surface area contributed by atoms with Gasteiger partial charge in [0.2, 0.25) is 0 Å². The summed E-state index contributed by atoms with van der Waals surface area (Å²) in [5, 5.41) is 8.90. The maximum atomic E-state index is 13.6. The fraction of sp³-hybridized carbons (Fsp3) is 0.600. The van der Waals surface area contributed by atoms with Crippen molar-refractivity contribution < 1.29 is 9.53 Å². The fourth-order valence-corrected chi connectivity index (χ4v) is 4.32. The van der Waals surface area contributed by atoms with Gasteiger partial charge in [-0.2, -0.15) is 5.26 Å². The average Bonchev–Trinajstić information content (AvgIpc) is 2.89. The number of rotatable bonds is 5. The Morgan fingerprint density at radius 2 is 1.81 bits per heavy atom. The number of ether oxygens (including phenoxy) is 1. The van der Waals surface area contributed by atoms with E-state index in [0.717, 1.165) is 5.56 Å². The van der Waals surface area contributed by atoms with Crippen molar-refractivity contribution in [1.82, 2.24) is 9.80 Å². The van der Waals surface area contributed by atoms with Crippen LogP contribution in [0.1, 0.15) is 44.9 Å². The van der Waals surface area contributed by atoms with Crippen molar-refractivity contribution >= 4 is 29.2 Å². The van der Waals surface area contributed by atoms with E-state index in [1.165, 1.54) is 0 Å². The van der Waals surface area contributed by atoms with Gasteiger partial charge in [-0.3, -0.25) is 0 Å². The molecule has 2 aliphatic rings. The zero-order chi connectivity index (χ0) is 19.9. The molecule has 0 saturated carbocycles. The van der Waals surface area contributed by atoms with Gasteiger partial charge in [-0.15, -0.1) is 23.2 Å². The number of benzene rings is 1. The van der Waals surface area contributed by atoms with Crippen LogP contribution >= 0.6 is 23.2 Å². The Labute approximate surface area is 170 Å². The first-order chi connectivity index (χ1) is 12.7. The Kier molecular flexibility index (Phi) is 5.63. The predicted molar refractivity (Wildman–Crippen MR) is 106 cm³/mol. The summed E-state index contributed by atoms with van der Waals surface area (Å²) in [6.07, 6.45) is 0. The van der Waals surface area contributed by atoms with Crippen LogP contribution in [-0.4, -0.2) is 57.4 Å². The average molecular weight is 410 g/mol. The minimum Gasteiger partial charge on any atom is -0.376 e. The summed E-state index contributed by atoms with van der Waals surface area (Å²) >= 11 is 12.8. The van der Waals surface area contributed by atoms with Gasteiger partial charge in [-0.05, 0) is 45.4 Å². The van der Waals surface area contributed by atoms with Crippen molar-refractivity contribution in [1.29, 1.82) is 5.26 Å². The van der Waals surface area contributed by atoms with Crippen LogP contribution in [0.3, 0.4) is 0 Å².